The predicted molar refractivity (Wildman–Crippen MR) is 103 cm³/mol. The fraction of sp³-hybridized carbons (Fsp3) is 0.895. The molecule has 0 saturated carbocycles. The van der Waals surface area contributed by atoms with Gasteiger partial charge in [0.2, 0.25) is 11.8 Å². The third-order valence-electron chi connectivity index (χ3n) is 4.81. The highest BCUT2D eigenvalue weighted by molar-refractivity contribution is 5.82. The Bertz CT molecular complexity index is 429. The van der Waals surface area contributed by atoms with Crippen molar-refractivity contribution >= 4 is 11.8 Å². The van der Waals surface area contributed by atoms with Crippen molar-refractivity contribution in [1.29, 1.82) is 0 Å². The molecule has 0 radical (unpaired) electrons. The summed E-state index contributed by atoms with van der Waals surface area (Å²) in [6.07, 6.45) is 0.214. The summed E-state index contributed by atoms with van der Waals surface area (Å²) in [5, 5.41) is 25.5. The van der Waals surface area contributed by atoms with Crippen molar-refractivity contribution < 1.29 is 19.8 Å². The van der Waals surface area contributed by atoms with Gasteiger partial charge in [0.25, 0.3) is 0 Å². The van der Waals surface area contributed by atoms with E-state index >= 15 is 0 Å². The minimum atomic E-state index is -1.02. The van der Waals surface area contributed by atoms with Crippen molar-refractivity contribution in [3.63, 3.8) is 0 Å². The number of nitrogens with one attached hydrogen (secondary N) is 2. The van der Waals surface area contributed by atoms with Crippen molar-refractivity contribution in [3.05, 3.63) is 0 Å². The SMILES string of the molecule is CCC(C)[C@@H](CO)NC(=O)CC(O)C(CC(C)C)NC(=O)[C@@H](N)C(C)C. The molecule has 154 valence electrons. The number of aliphatic hydroxyl groups excluding tert-OH is 2. The Labute approximate surface area is 158 Å². The topological polar surface area (TPSA) is 125 Å². The molecule has 7 heteroatoms. The van der Waals surface area contributed by atoms with Crippen LogP contribution < -0.4 is 16.4 Å². The van der Waals surface area contributed by atoms with Gasteiger partial charge in [-0.25, -0.2) is 0 Å². The van der Waals surface area contributed by atoms with Gasteiger partial charge in [-0.15, -0.1) is 0 Å². The van der Waals surface area contributed by atoms with Crippen molar-refractivity contribution in [2.75, 3.05) is 6.61 Å². The zero-order valence-electron chi connectivity index (χ0n) is 17.2. The van der Waals surface area contributed by atoms with Gasteiger partial charge in [-0.1, -0.05) is 48.0 Å². The Balaban J connectivity index is 4.89. The molecule has 26 heavy (non-hydrogen) atoms. The molecule has 0 aliphatic rings. The average molecular weight is 374 g/mol. The maximum absolute atomic E-state index is 12.2. The van der Waals surface area contributed by atoms with Crippen LogP contribution in [0.2, 0.25) is 0 Å². The maximum Gasteiger partial charge on any atom is 0.237 e. The summed E-state index contributed by atoms with van der Waals surface area (Å²) in [5.74, 6) is -0.308. The van der Waals surface area contributed by atoms with E-state index in [0.717, 1.165) is 6.42 Å². The van der Waals surface area contributed by atoms with E-state index in [0.29, 0.717) is 6.42 Å². The van der Waals surface area contributed by atoms with Crippen LogP contribution in [0.3, 0.4) is 0 Å². The molecule has 0 aromatic carbocycles. The Morgan fingerprint density at radius 2 is 1.62 bits per heavy atom. The number of aliphatic hydroxyl groups is 2. The number of carbonyl (C=O) groups excluding carboxylic acids is 2. The van der Waals surface area contributed by atoms with Gasteiger partial charge in [-0.3, -0.25) is 9.59 Å². The lowest BCUT2D eigenvalue weighted by molar-refractivity contribution is -0.128. The molecule has 0 saturated heterocycles. The van der Waals surface area contributed by atoms with Gasteiger partial charge >= 0.3 is 0 Å². The smallest absolute Gasteiger partial charge is 0.237 e. The van der Waals surface area contributed by atoms with Gasteiger partial charge < -0.3 is 26.6 Å². The fourth-order valence-electron chi connectivity index (χ4n) is 2.65. The third kappa shape index (κ3) is 8.96. The molecule has 7 nitrogen and oxygen atoms in total. The molecule has 0 fully saturated rings. The molecule has 2 amide bonds. The van der Waals surface area contributed by atoms with Gasteiger partial charge in [-0.2, -0.15) is 0 Å². The fourth-order valence-corrected chi connectivity index (χ4v) is 2.65. The van der Waals surface area contributed by atoms with Crippen molar-refractivity contribution in [3.8, 4) is 0 Å². The van der Waals surface area contributed by atoms with E-state index in [9.17, 15) is 19.8 Å². The van der Waals surface area contributed by atoms with E-state index in [-0.39, 0.29) is 48.6 Å². The summed E-state index contributed by atoms with van der Waals surface area (Å²) < 4.78 is 0. The minimum Gasteiger partial charge on any atom is -0.394 e. The Kier molecular flexibility index (Phi) is 11.7. The zero-order chi connectivity index (χ0) is 20.4. The quantitative estimate of drug-likeness (QED) is 0.346. The Morgan fingerprint density at radius 1 is 1.04 bits per heavy atom. The highest BCUT2D eigenvalue weighted by Crippen LogP contribution is 2.13. The molecule has 0 bridgehead atoms. The predicted octanol–water partition coefficient (Wildman–Crippen LogP) is 0.775. The van der Waals surface area contributed by atoms with Crippen LogP contribution in [0.4, 0.5) is 0 Å². The Hall–Kier alpha value is -1.18. The molecule has 0 rings (SSSR count). The monoisotopic (exact) mass is 373 g/mol. The second-order valence-electron chi connectivity index (χ2n) is 8.03. The molecule has 0 aromatic rings. The van der Waals surface area contributed by atoms with Gasteiger partial charge in [0.05, 0.1) is 37.3 Å². The summed E-state index contributed by atoms with van der Waals surface area (Å²) in [4.78, 5) is 24.5. The van der Waals surface area contributed by atoms with E-state index in [4.69, 9.17) is 5.73 Å². The molecule has 0 spiro atoms. The molecule has 0 heterocycles. The molecule has 0 aliphatic carbocycles. The molecule has 0 aliphatic heterocycles. The van der Waals surface area contributed by atoms with Crippen molar-refractivity contribution in [2.45, 2.75) is 85.0 Å². The van der Waals surface area contributed by atoms with E-state index in [1.807, 2.05) is 41.5 Å². The van der Waals surface area contributed by atoms with Crippen LogP contribution in [0, 0.1) is 17.8 Å². The molecular weight excluding hydrogens is 334 g/mol. The van der Waals surface area contributed by atoms with Crippen LogP contribution in [0.1, 0.15) is 60.8 Å². The lowest BCUT2D eigenvalue weighted by Gasteiger charge is -2.28. The second-order valence-corrected chi connectivity index (χ2v) is 8.03. The van der Waals surface area contributed by atoms with Crippen molar-refractivity contribution in [1.82, 2.24) is 10.6 Å². The highest BCUT2D eigenvalue weighted by Gasteiger charge is 2.28. The van der Waals surface area contributed by atoms with E-state index < -0.39 is 18.2 Å². The molecule has 0 aromatic heterocycles. The first-order chi connectivity index (χ1) is 12.0. The van der Waals surface area contributed by atoms with Gasteiger partial charge in [0.1, 0.15) is 0 Å². The first-order valence-electron chi connectivity index (χ1n) is 9.67. The van der Waals surface area contributed by atoms with Crippen LogP contribution in [0.25, 0.3) is 0 Å². The lowest BCUT2D eigenvalue weighted by Crippen LogP contribution is -2.53. The van der Waals surface area contributed by atoms with E-state index in [1.54, 1.807) is 0 Å². The van der Waals surface area contributed by atoms with Crippen LogP contribution in [-0.2, 0) is 9.59 Å². The molecule has 6 N–H and O–H groups in total. The van der Waals surface area contributed by atoms with E-state index in [2.05, 4.69) is 10.6 Å². The summed E-state index contributed by atoms with van der Waals surface area (Å²) >= 11 is 0. The highest BCUT2D eigenvalue weighted by atomic mass is 16.3. The molecule has 5 atom stereocenters. The van der Waals surface area contributed by atoms with Gasteiger partial charge in [-0.05, 0) is 24.2 Å². The van der Waals surface area contributed by atoms with Crippen LogP contribution >= 0.6 is 0 Å². The molecular formula is C19H39N3O4. The lowest BCUT2D eigenvalue weighted by atomic mass is 9.95. The Morgan fingerprint density at radius 3 is 2.04 bits per heavy atom. The minimum absolute atomic E-state index is 0.0176. The first-order valence-corrected chi connectivity index (χ1v) is 9.67. The van der Waals surface area contributed by atoms with Crippen LogP contribution in [0.5, 0.6) is 0 Å². The van der Waals surface area contributed by atoms with E-state index in [1.165, 1.54) is 0 Å². The first kappa shape index (κ1) is 24.8. The third-order valence-corrected chi connectivity index (χ3v) is 4.81. The summed E-state index contributed by atoms with van der Waals surface area (Å²) in [7, 11) is 0. The second kappa shape index (κ2) is 12.3. The summed E-state index contributed by atoms with van der Waals surface area (Å²) in [6, 6.07) is -1.55. The van der Waals surface area contributed by atoms with Gasteiger partial charge in [0.15, 0.2) is 0 Å². The zero-order valence-corrected chi connectivity index (χ0v) is 17.2. The van der Waals surface area contributed by atoms with Crippen LogP contribution in [0.15, 0.2) is 0 Å². The standard InChI is InChI=1S/C19H39N3O4/c1-7-13(6)15(10-23)21-17(25)9-16(24)14(8-11(2)3)22-19(26)18(20)12(4)5/h11-16,18,23-24H,7-10,20H2,1-6H3,(H,21,25)(H,22,26)/t13?,14?,15-,16?,18+/m1/s1. The number of nitrogens with two attached hydrogens (primary N) is 1. The maximum atomic E-state index is 12.2. The summed E-state index contributed by atoms with van der Waals surface area (Å²) in [6.45, 7) is 11.5. The van der Waals surface area contributed by atoms with Crippen molar-refractivity contribution in [2.24, 2.45) is 23.5 Å². The number of hydrogen-bond acceptors (Lipinski definition) is 5. The number of hydrogen-bond donors (Lipinski definition) is 5. The summed E-state index contributed by atoms with van der Waals surface area (Å²) in [5.41, 5.74) is 5.87. The number of rotatable bonds is 12. The van der Waals surface area contributed by atoms with Gasteiger partial charge in [0, 0.05) is 0 Å². The largest absolute Gasteiger partial charge is 0.394 e. The molecule has 3 unspecified atom stereocenters. The number of carbonyl (C=O) groups is 2. The van der Waals surface area contributed by atoms with Crippen LogP contribution in [-0.4, -0.2) is 52.9 Å². The number of amides is 2. The average Bonchev–Trinajstić information content (AvgIpc) is 2.56. The normalized spacial score (nSPS) is 17.5.